The summed E-state index contributed by atoms with van der Waals surface area (Å²) in [6.45, 7) is 3.11. The summed E-state index contributed by atoms with van der Waals surface area (Å²) in [6, 6.07) is 20.5. The van der Waals surface area contributed by atoms with E-state index >= 15 is 0 Å². The Balaban J connectivity index is 1.61. The summed E-state index contributed by atoms with van der Waals surface area (Å²) < 4.78 is 0. The predicted octanol–water partition coefficient (Wildman–Crippen LogP) is 4.61. The fraction of sp³-hybridized carbons (Fsp3) is 0.333. The highest BCUT2D eigenvalue weighted by Crippen LogP contribution is 2.40. The number of nitrogens with one attached hydrogen (secondary N) is 1. The Bertz CT molecular complexity index is 1030. The van der Waals surface area contributed by atoms with E-state index in [9.17, 15) is 4.79 Å². The van der Waals surface area contributed by atoms with E-state index in [2.05, 4.69) is 36.2 Å². The molecule has 3 aromatic rings. The van der Waals surface area contributed by atoms with Gasteiger partial charge in [-0.25, -0.2) is 0 Å². The van der Waals surface area contributed by atoms with Crippen molar-refractivity contribution in [1.82, 2.24) is 9.88 Å². The number of aromatic amines is 1. The third-order valence-corrected chi connectivity index (χ3v) is 5.91. The van der Waals surface area contributed by atoms with Gasteiger partial charge in [0.15, 0.2) is 0 Å². The fourth-order valence-corrected chi connectivity index (χ4v) is 4.36. The lowest BCUT2D eigenvalue weighted by Crippen LogP contribution is -2.45. The van der Waals surface area contributed by atoms with Crippen LogP contribution in [-0.2, 0) is 24.2 Å². The van der Waals surface area contributed by atoms with Gasteiger partial charge in [0.25, 0.3) is 0 Å². The first-order valence-corrected chi connectivity index (χ1v) is 9.89. The first kappa shape index (κ1) is 18.3. The smallest absolute Gasteiger partial charge is 0.229 e. The number of nitrogens with zero attached hydrogens (tertiary/aromatic N) is 2. The maximum absolute atomic E-state index is 13.6. The minimum atomic E-state index is -0.442. The van der Waals surface area contributed by atoms with Crippen LogP contribution < -0.4 is 0 Å². The van der Waals surface area contributed by atoms with Crippen molar-refractivity contribution in [3.8, 4) is 6.07 Å². The lowest BCUT2D eigenvalue weighted by atomic mass is 9.73. The molecule has 4 rings (SSSR count). The maximum atomic E-state index is 13.6. The van der Waals surface area contributed by atoms with Crippen LogP contribution in [0.15, 0.2) is 54.6 Å². The second kappa shape index (κ2) is 7.52. The van der Waals surface area contributed by atoms with Crippen LogP contribution in [0.5, 0.6) is 0 Å². The number of aryl methyl sites for hydroxylation is 1. The molecule has 0 radical (unpaired) electrons. The van der Waals surface area contributed by atoms with E-state index in [-0.39, 0.29) is 5.91 Å². The van der Waals surface area contributed by atoms with Gasteiger partial charge in [0.2, 0.25) is 5.91 Å². The van der Waals surface area contributed by atoms with Gasteiger partial charge in [-0.15, -0.1) is 0 Å². The van der Waals surface area contributed by atoms with Gasteiger partial charge in [-0.2, -0.15) is 5.26 Å². The topological polar surface area (TPSA) is 59.9 Å². The second-order valence-electron chi connectivity index (χ2n) is 7.99. The van der Waals surface area contributed by atoms with E-state index in [4.69, 9.17) is 5.26 Å². The van der Waals surface area contributed by atoms with E-state index in [1.807, 2.05) is 41.3 Å². The van der Waals surface area contributed by atoms with Crippen LogP contribution in [0.1, 0.15) is 36.6 Å². The normalized spacial score (nSPS) is 18.4. The van der Waals surface area contributed by atoms with Gasteiger partial charge in [0.1, 0.15) is 0 Å². The first-order chi connectivity index (χ1) is 13.6. The van der Waals surface area contributed by atoms with Crippen molar-refractivity contribution in [2.24, 2.45) is 5.41 Å². The summed E-state index contributed by atoms with van der Waals surface area (Å²) in [7, 11) is 0. The molecule has 0 aliphatic heterocycles. The summed E-state index contributed by atoms with van der Waals surface area (Å²) in [6.07, 6.45) is 2.79. The molecule has 1 heterocycles. The third-order valence-electron chi connectivity index (χ3n) is 5.91. The van der Waals surface area contributed by atoms with Crippen LogP contribution in [0, 0.1) is 16.7 Å². The van der Waals surface area contributed by atoms with Gasteiger partial charge in [0, 0.05) is 29.7 Å². The van der Waals surface area contributed by atoms with Crippen LogP contribution in [0.2, 0.25) is 0 Å². The number of benzene rings is 2. The molecular formula is C24H25N3O. The van der Waals surface area contributed by atoms with Crippen LogP contribution in [-0.4, -0.2) is 22.3 Å². The molecule has 0 bridgehead atoms. The molecular weight excluding hydrogens is 346 g/mol. The number of amides is 1. The van der Waals surface area contributed by atoms with Gasteiger partial charge < -0.3 is 9.88 Å². The highest BCUT2D eigenvalue weighted by Gasteiger charge is 2.40. The number of hydrogen-bond acceptors (Lipinski definition) is 2. The standard InChI is InChI=1S/C24H25N3O/c1-24(13-12-22-20(16-24)19-10-5-6-11-21(19)26-22)23(28)27(15-7-14-25)17-18-8-3-2-4-9-18/h2-6,8-11,26H,7,12-13,15-17H2,1H3. The molecule has 0 saturated heterocycles. The highest BCUT2D eigenvalue weighted by atomic mass is 16.2. The van der Waals surface area contributed by atoms with Crippen LogP contribution in [0.3, 0.4) is 0 Å². The van der Waals surface area contributed by atoms with Crippen molar-refractivity contribution in [2.45, 2.75) is 39.2 Å². The molecule has 1 aliphatic rings. The number of para-hydroxylation sites is 1. The second-order valence-corrected chi connectivity index (χ2v) is 7.99. The zero-order valence-electron chi connectivity index (χ0n) is 16.2. The summed E-state index contributed by atoms with van der Waals surface area (Å²) in [5, 5.41) is 10.3. The molecule has 4 heteroatoms. The zero-order valence-corrected chi connectivity index (χ0v) is 16.2. The van der Waals surface area contributed by atoms with Crippen LogP contribution in [0.4, 0.5) is 0 Å². The molecule has 2 aromatic carbocycles. The Morgan fingerprint density at radius 2 is 1.93 bits per heavy atom. The van der Waals surface area contributed by atoms with Crippen molar-refractivity contribution in [1.29, 1.82) is 5.26 Å². The van der Waals surface area contributed by atoms with E-state index < -0.39 is 5.41 Å². The molecule has 4 nitrogen and oxygen atoms in total. The molecule has 142 valence electrons. The molecule has 1 unspecified atom stereocenters. The maximum Gasteiger partial charge on any atom is 0.229 e. The Hall–Kier alpha value is -3.06. The number of fused-ring (bicyclic) bond motifs is 3. The average molecular weight is 371 g/mol. The van der Waals surface area contributed by atoms with Crippen LogP contribution in [0.25, 0.3) is 10.9 Å². The molecule has 1 atom stereocenters. The van der Waals surface area contributed by atoms with Crippen molar-refractivity contribution in [3.63, 3.8) is 0 Å². The van der Waals surface area contributed by atoms with Gasteiger partial charge in [0.05, 0.1) is 17.9 Å². The van der Waals surface area contributed by atoms with Gasteiger partial charge in [-0.1, -0.05) is 55.5 Å². The molecule has 0 spiro atoms. The Kier molecular flexibility index (Phi) is 4.92. The van der Waals surface area contributed by atoms with Crippen molar-refractivity contribution < 1.29 is 4.79 Å². The molecule has 28 heavy (non-hydrogen) atoms. The Labute approximate surface area is 165 Å². The number of carbonyl (C=O) groups is 1. The lowest BCUT2D eigenvalue weighted by molar-refractivity contribution is -0.142. The minimum absolute atomic E-state index is 0.155. The molecule has 1 aliphatic carbocycles. The number of nitriles is 1. The lowest BCUT2D eigenvalue weighted by Gasteiger charge is -2.37. The number of aromatic nitrogens is 1. The predicted molar refractivity (Wildman–Crippen MR) is 111 cm³/mol. The number of rotatable bonds is 5. The first-order valence-electron chi connectivity index (χ1n) is 9.89. The number of hydrogen-bond donors (Lipinski definition) is 1. The Morgan fingerprint density at radius 1 is 1.18 bits per heavy atom. The van der Waals surface area contributed by atoms with E-state index in [1.165, 1.54) is 16.6 Å². The molecule has 1 aromatic heterocycles. The summed E-state index contributed by atoms with van der Waals surface area (Å²) in [5.41, 5.74) is 4.34. The number of H-pyrrole nitrogens is 1. The van der Waals surface area contributed by atoms with E-state index in [1.54, 1.807) is 0 Å². The van der Waals surface area contributed by atoms with Crippen molar-refractivity contribution >= 4 is 16.8 Å². The monoisotopic (exact) mass is 371 g/mol. The van der Waals surface area contributed by atoms with Gasteiger partial charge >= 0.3 is 0 Å². The molecule has 0 saturated carbocycles. The SMILES string of the molecule is CC1(C(=O)N(CCC#N)Cc2ccccc2)CCc2[nH]c3ccccc3c2C1. The molecule has 1 N–H and O–H groups in total. The van der Waals surface area contributed by atoms with Crippen LogP contribution >= 0.6 is 0 Å². The van der Waals surface area contributed by atoms with Gasteiger partial charge in [-0.3, -0.25) is 4.79 Å². The minimum Gasteiger partial charge on any atom is -0.358 e. The van der Waals surface area contributed by atoms with Crippen molar-refractivity contribution in [2.75, 3.05) is 6.54 Å². The van der Waals surface area contributed by atoms with E-state index in [0.29, 0.717) is 19.5 Å². The number of carbonyl (C=O) groups excluding carboxylic acids is 1. The highest BCUT2D eigenvalue weighted by molar-refractivity contribution is 5.88. The Morgan fingerprint density at radius 3 is 2.71 bits per heavy atom. The van der Waals surface area contributed by atoms with Gasteiger partial charge in [-0.05, 0) is 36.5 Å². The van der Waals surface area contributed by atoms with Crippen molar-refractivity contribution in [3.05, 3.63) is 71.4 Å². The summed E-state index contributed by atoms with van der Waals surface area (Å²) in [5.74, 6) is 0.155. The molecule has 1 amide bonds. The van der Waals surface area contributed by atoms with E-state index in [0.717, 1.165) is 30.3 Å². The quantitative estimate of drug-likeness (QED) is 0.712. The summed E-state index contributed by atoms with van der Waals surface area (Å²) in [4.78, 5) is 19.0. The zero-order chi connectivity index (χ0) is 19.6. The third kappa shape index (κ3) is 3.41. The molecule has 0 fully saturated rings. The largest absolute Gasteiger partial charge is 0.358 e. The average Bonchev–Trinajstić information content (AvgIpc) is 3.09. The fourth-order valence-electron chi connectivity index (χ4n) is 4.36. The summed E-state index contributed by atoms with van der Waals surface area (Å²) >= 11 is 0.